The third-order valence-corrected chi connectivity index (χ3v) is 6.61. The minimum atomic E-state index is -0.444. The predicted octanol–water partition coefficient (Wildman–Crippen LogP) is 2.27. The third kappa shape index (κ3) is 2.27. The molecular weight excluding hydrogens is 316 g/mol. The molecule has 4 N–H and O–H groups in total. The highest BCUT2D eigenvalue weighted by Crippen LogP contribution is 2.56. The lowest BCUT2D eigenvalue weighted by molar-refractivity contribution is -0.129. The second-order valence-corrected chi connectivity index (χ2v) is 8.23. The SMILES string of the molecule is CNC(=O)c1cnc2[nH]ccc2c1NC1[C@@H]2CC3C[C@H]1C[C@@](O)(C3)C2. The first-order chi connectivity index (χ1) is 12.1. The van der Waals surface area contributed by atoms with Gasteiger partial charge in [-0.3, -0.25) is 4.79 Å². The van der Waals surface area contributed by atoms with E-state index in [1.807, 2.05) is 12.3 Å². The molecule has 2 aromatic rings. The van der Waals surface area contributed by atoms with Crippen LogP contribution >= 0.6 is 0 Å². The topological polar surface area (TPSA) is 90.0 Å². The van der Waals surface area contributed by atoms with E-state index in [1.165, 1.54) is 12.8 Å². The van der Waals surface area contributed by atoms with Crippen molar-refractivity contribution in [3.63, 3.8) is 0 Å². The molecule has 1 amide bonds. The van der Waals surface area contributed by atoms with E-state index in [0.717, 1.165) is 36.0 Å². The Kier molecular flexibility index (Phi) is 3.17. The average molecular weight is 340 g/mol. The van der Waals surface area contributed by atoms with Crippen molar-refractivity contribution in [1.82, 2.24) is 15.3 Å². The number of fused-ring (bicyclic) bond motifs is 1. The van der Waals surface area contributed by atoms with Gasteiger partial charge in [0.1, 0.15) is 5.65 Å². The summed E-state index contributed by atoms with van der Waals surface area (Å²) in [6.07, 6.45) is 8.62. The molecule has 6 nitrogen and oxygen atoms in total. The second kappa shape index (κ2) is 5.21. The van der Waals surface area contributed by atoms with Crippen molar-refractivity contribution >= 4 is 22.6 Å². The largest absolute Gasteiger partial charge is 0.390 e. The van der Waals surface area contributed by atoms with Gasteiger partial charge in [0.15, 0.2) is 0 Å². The number of aliphatic hydroxyl groups is 1. The van der Waals surface area contributed by atoms with Crippen LogP contribution in [0.3, 0.4) is 0 Å². The van der Waals surface area contributed by atoms with Crippen LogP contribution in [0.4, 0.5) is 5.69 Å². The number of carbonyl (C=O) groups is 1. The van der Waals surface area contributed by atoms with Gasteiger partial charge in [0.25, 0.3) is 5.91 Å². The smallest absolute Gasteiger partial charge is 0.254 e. The van der Waals surface area contributed by atoms with Crippen molar-refractivity contribution in [1.29, 1.82) is 0 Å². The number of H-pyrrole nitrogens is 1. The van der Waals surface area contributed by atoms with Crippen molar-refractivity contribution in [3.05, 3.63) is 24.0 Å². The number of amides is 1. The van der Waals surface area contributed by atoms with Crippen molar-refractivity contribution < 1.29 is 9.90 Å². The zero-order valence-corrected chi connectivity index (χ0v) is 14.4. The van der Waals surface area contributed by atoms with Crippen LogP contribution in [0.15, 0.2) is 18.5 Å². The minimum Gasteiger partial charge on any atom is -0.390 e. The number of rotatable bonds is 3. The monoisotopic (exact) mass is 340 g/mol. The zero-order chi connectivity index (χ0) is 17.2. The summed E-state index contributed by atoms with van der Waals surface area (Å²) in [5.41, 5.74) is 1.80. The number of aromatic amines is 1. The number of nitrogens with one attached hydrogen (secondary N) is 3. The normalized spacial score (nSPS) is 35.9. The first kappa shape index (κ1) is 15.2. The van der Waals surface area contributed by atoms with E-state index in [1.54, 1.807) is 13.2 Å². The lowest BCUT2D eigenvalue weighted by atomic mass is 9.52. The molecule has 4 fully saturated rings. The van der Waals surface area contributed by atoms with Crippen molar-refractivity contribution in [2.75, 3.05) is 12.4 Å². The van der Waals surface area contributed by atoms with E-state index < -0.39 is 5.60 Å². The summed E-state index contributed by atoms with van der Waals surface area (Å²) >= 11 is 0. The van der Waals surface area contributed by atoms with Gasteiger partial charge in [0.2, 0.25) is 0 Å². The standard InChI is InChI=1S/C19H24N4O2/c1-20-18(24)14-9-22-17-13(2-3-21-17)16(14)23-15-11-4-10-5-12(15)8-19(25,6-10)7-11/h2-3,9-12,15,25H,4-8H2,1H3,(H,20,24)(H2,21,22,23)/t10?,11-,12+,15?,19-. The van der Waals surface area contributed by atoms with Gasteiger partial charge in [-0.15, -0.1) is 0 Å². The average Bonchev–Trinajstić information content (AvgIpc) is 3.04. The highest BCUT2D eigenvalue weighted by molar-refractivity contribution is 6.06. The summed E-state index contributed by atoms with van der Waals surface area (Å²) in [4.78, 5) is 19.9. The van der Waals surface area contributed by atoms with Crippen LogP contribution in [-0.4, -0.2) is 39.7 Å². The third-order valence-electron chi connectivity index (χ3n) is 6.61. The molecule has 25 heavy (non-hydrogen) atoms. The van der Waals surface area contributed by atoms with Crippen LogP contribution in [-0.2, 0) is 0 Å². The van der Waals surface area contributed by atoms with Crippen molar-refractivity contribution in [2.45, 2.75) is 43.7 Å². The maximum atomic E-state index is 12.4. The zero-order valence-electron chi connectivity index (χ0n) is 14.4. The summed E-state index contributed by atoms with van der Waals surface area (Å²) in [5.74, 6) is 1.51. The summed E-state index contributed by atoms with van der Waals surface area (Å²) in [6.45, 7) is 0. The quantitative estimate of drug-likeness (QED) is 0.690. The molecule has 4 aliphatic rings. The van der Waals surface area contributed by atoms with Gasteiger partial charge in [-0.25, -0.2) is 4.98 Å². The Bertz CT molecular complexity index is 829. The fourth-order valence-electron chi connectivity index (χ4n) is 5.85. The maximum Gasteiger partial charge on any atom is 0.254 e. The molecule has 5 atom stereocenters. The van der Waals surface area contributed by atoms with Crippen LogP contribution in [0.5, 0.6) is 0 Å². The molecule has 2 heterocycles. The molecule has 6 rings (SSSR count). The number of carbonyl (C=O) groups excluding carboxylic acids is 1. The van der Waals surface area contributed by atoms with Crippen LogP contribution in [0.25, 0.3) is 11.0 Å². The van der Waals surface area contributed by atoms with E-state index in [4.69, 9.17) is 0 Å². The van der Waals surface area contributed by atoms with Gasteiger partial charge in [0, 0.05) is 30.9 Å². The first-order valence-electron chi connectivity index (χ1n) is 9.23. The molecule has 0 radical (unpaired) electrons. The first-order valence-corrected chi connectivity index (χ1v) is 9.23. The number of nitrogens with zero attached hydrogens (tertiary/aromatic N) is 1. The fraction of sp³-hybridized carbons (Fsp3) is 0.579. The van der Waals surface area contributed by atoms with E-state index in [0.29, 0.717) is 29.4 Å². The Balaban J connectivity index is 1.54. The van der Waals surface area contributed by atoms with Crippen LogP contribution < -0.4 is 10.6 Å². The van der Waals surface area contributed by atoms with E-state index >= 15 is 0 Å². The number of anilines is 1. The lowest BCUT2D eigenvalue weighted by Crippen LogP contribution is -2.59. The van der Waals surface area contributed by atoms with Crippen molar-refractivity contribution in [3.8, 4) is 0 Å². The molecule has 0 aromatic carbocycles. The second-order valence-electron chi connectivity index (χ2n) is 8.23. The summed E-state index contributed by atoms with van der Waals surface area (Å²) in [6, 6.07) is 2.29. The summed E-state index contributed by atoms with van der Waals surface area (Å²) < 4.78 is 0. The molecule has 0 saturated heterocycles. The number of pyridine rings is 1. The Morgan fingerprint density at radius 2 is 2.08 bits per heavy atom. The Labute approximate surface area is 146 Å². The Morgan fingerprint density at radius 3 is 2.76 bits per heavy atom. The van der Waals surface area contributed by atoms with E-state index in [-0.39, 0.29) is 5.91 Å². The van der Waals surface area contributed by atoms with Crippen LogP contribution in [0, 0.1) is 17.8 Å². The van der Waals surface area contributed by atoms with Gasteiger partial charge in [-0.1, -0.05) is 0 Å². The molecule has 132 valence electrons. The van der Waals surface area contributed by atoms with Gasteiger partial charge in [-0.2, -0.15) is 0 Å². The van der Waals surface area contributed by atoms with Crippen LogP contribution in [0.1, 0.15) is 42.5 Å². The molecule has 4 aliphatic carbocycles. The predicted molar refractivity (Wildman–Crippen MR) is 95.4 cm³/mol. The summed E-state index contributed by atoms with van der Waals surface area (Å²) in [7, 11) is 1.64. The number of aromatic nitrogens is 2. The maximum absolute atomic E-state index is 12.4. The van der Waals surface area contributed by atoms with E-state index in [9.17, 15) is 9.90 Å². The number of hydrogen-bond acceptors (Lipinski definition) is 4. The van der Waals surface area contributed by atoms with Gasteiger partial charge in [-0.05, 0) is 55.9 Å². The molecule has 0 aliphatic heterocycles. The highest BCUT2D eigenvalue weighted by Gasteiger charge is 2.54. The van der Waals surface area contributed by atoms with Gasteiger partial charge < -0.3 is 20.7 Å². The molecule has 2 unspecified atom stereocenters. The van der Waals surface area contributed by atoms with Gasteiger partial charge >= 0.3 is 0 Å². The van der Waals surface area contributed by atoms with E-state index in [2.05, 4.69) is 20.6 Å². The highest BCUT2D eigenvalue weighted by atomic mass is 16.3. The van der Waals surface area contributed by atoms with Gasteiger partial charge in [0.05, 0.1) is 16.9 Å². The molecule has 0 spiro atoms. The molecule has 4 bridgehead atoms. The Morgan fingerprint density at radius 1 is 1.32 bits per heavy atom. The fourth-order valence-corrected chi connectivity index (χ4v) is 5.85. The van der Waals surface area contributed by atoms with Crippen LogP contribution in [0.2, 0.25) is 0 Å². The molecule has 2 aromatic heterocycles. The minimum absolute atomic E-state index is 0.124. The molecular formula is C19H24N4O2. The lowest BCUT2D eigenvalue weighted by Gasteiger charge is -2.58. The Hall–Kier alpha value is -2.08. The van der Waals surface area contributed by atoms with Crippen molar-refractivity contribution in [2.24, 2.45) is 17.8 Å². The molecule has 6 heteroatoms. The summed E-state index contributed by atoms with van der Waals surface area (Å²) in [5, 5.41) is 18.2. The number of hydrogen-bond donors (Lipinski definition) is 4. The molecule has 4 saturated carbocycles.